The zero-order chi connectivity index (χ0) is 12.4. The predicted molar refractivity (Wildman–Crippen MR) is 67.7 cm³/mol. The molecule has 3 nitrogen and oxygen atoms in total. The van der Waals surface area contributed by atoms with Crippen LogP contribution >= 0.6 is 27.5 Å². The molecule has 0 radical (unpaired) electrons. The first-order chi connectivity index (χ1) is 7.33. The molecule has 0 aliphatic heterocycles. The zero-order valence-electron chi connectivity index (χ0n) is 8.48. The number of alkyl halides is 2. The molecular weight excluding hydrogens is 316 g/mol. The van der Waals surface area contributed by atoms with Crippen molar-refractivity contribution in [3.63, 3.8) is 0 Å². The Bertz CT molecular complexity index is 482. The van der Waals surface area contributed by atoms with Gasteiger partial charge in [0, 0.05) is 5.56 Å². The van der Waals surface area contributed by atoms with Crippen LogP contribution in [0.5, 0.6) is 0 Å². The third-order valence-corrected chi connectivity index (χ3v) is 6.51. The van der Waals surface area contributed by atoms with Crippen LogP contribution in [-0.2, 0) is 9.84 Å². The molecule has 6 heteroatoms. The van der Waals surface area contributed by atoms with Gasteiger partial charge in [0.2, 0.25) is 5.78 Å². The Morgan fingerprint density at radius 2 is 1.88 bits per heavy atom. The highest BCUT2D eigenvalue weighted by Gasteiger charge is 2.45. The Hall–Kier alpha value is -0.390. The van der Waals surface area contributed by atoms with Crippen LogP contribution in [0, 0.1) is 0 Å². The van der Waals surface area contributed by atoms with Crippen molar-refractivity contribution in [2.24, 2.45) is 0 Å². The maximum Gasteiger partial charge on any atom is 0.261 e. The van der Waals surface area contributed by atoms with Crippen molar-refractivity contribution in [2.75, 3.05) is 5.75 Å². The molecule has 0 fully saturated rings. The lowest BCUT2D eigenvalue weighted by molar-refractivity contribution is 0.1000. The van der Waals surface area contributed by atoms with E-state index in [2.05, 4.69) is 15.9 Å². The molecule has 0 spiro atoms. The van der Waals surface area contributed by atoms with E-state index in [0.29, 0.717) is 0 Å². The second-order valence-electron chi connectivity index (χ2n) is 3.12. The first kappa shape index (κ1) is 13.7. The molecule has 0 aliphatic rings. The highest BCUT2D eigenvalue weighted by Crippen LogP contribution is 2.34. The molecule has 0 heterocycles. The molecule has 0 bridgehead atoms. The van der Waals surface area contributed by atoms with Crippen LogP contribution in [0.3, 0.4) is 0 Å². The summed E-state index contributed by atoms with van der Waals surface area (Å²) >= 11 is 8.59. The van der Waals surface area contributed by atoms with Crippen LogP contribution in [-0.4, -0.2) is 23.1 Å². The lowest BCUT2D eigenvalue weighted by Gasteiger charge is -2.17. The number of carbonyl (C=O) groups excluding carboxylic acids is 1. The number of hydrogen-bond donors (Lipinski definition) is 0. The number of benzene rings is 1. The maximum atomic E-state index is 11.9. The molecular formula is C10H10BrClO3S. The monoisotopic (exact) mass is 324 g/mol. The topological polar surface area (TPSA) is 51.2 Å². The van der Waals surface area contributed by atoms with E-state index in [9.17, 15) is 13.2 Å². The zero-order valence-corrected chi connectivity index (χ0v) is 11.6. The summed E-state index contributed by atoms with van der Waals surface area (Å²) in [6.45, 7) is 1.44. The number of hydrogen-bond acceptors (Lipinski definition) is 3. The van der Waals surface area contributed by atoms with Crippen LogP contribution in [0.2, 0.25) is 0 Å². The van der Waals surface area contributed by atoms with E-state index in [1.807, 2.05) is 0 Å². The van der Waals surface area contributed by atoms with Gasteiger partial charge in [-0.15, -0.1) is 0 Å². The summed E-state index contributed by atoms with van der Waals surface area (Å²) in [7, 11) is -3.71. The van der Waals surface area contributed by atoms with Crippen molar-refractivity contribution < 1.29 is 13.2 Å². The molecule has 88 valence electrons. The number of carbonyl (C=O) groups is 1. The van der Waals surface area contributed by atoms with Gasteiger partial charge >= 0.3 is 0 Å². The number of Topliss-reactive ketones (excluding diaryl/α,β-unsaturated/α-hetero) is 1. The molecule has 0 saturated carbocycles. The van der Waals surface area contributed by atoms with Gasteiger partial charge in [-0.05, 0) is 15.9 Å². The van der Waals surface area contributed by atoms with Crippen molar-refractivity contribution in [3.8, 4) is 0 Å². The summed E-state index contributed by atoms with van der Waals surface area (Å²) in [4.78, 5) is 11.9. The molecule has 0 N–H and O–H groups in total. The molecule has 0 saturated heterocycles. The van der Waals surface area contributed by atoms with Gasteiger partial charge in [-0.25, -0.2) is 8.42 Å². The van der Waals surface area contributed by atoms with Gasteiger partial charge in [0.15, 0.2) is 9.84 Å². The SMILES string of the molecule is CCS(=O)(=O)C(Cl)(Br)C(=O)c1ccccc1. The lowest BCUT2D eigenvalue weighted by Crippen LogP contribution is -2.36. The first-order valence-electron chi connectivity index (χ1n) is 4.53. The quantitative estimate of drug-likeness (QED) is 0.631. The molecule has 0 aliphatic carbocycles. The third kappa shape index (κ3) is 2.47. The fourth-order valence-corrected chi connectivity index (χ4v) is 3.20. The molecule has 1 rings (SSSR count). The number of halogens is 2. The maximum absolute atomic E-state index is 11.9. The standard InChI is InChI=1S/C10H10BrClO3S/c1-2-16(14,15)10(11,12)9(13)8-6-4-3-5-7-8/h3-7H,2H2,1H3. The van der Waals surface area contributed by atoms with Gasteiger partial charge in [0.1, 0.15) is 0 Å². The van der Waals surface area contributed by atoms with E-state index in [4.69, 9.17) is 11.6 Å². The molecule has 1 aromatic carbocycles. The van der Waals surface area contributed by atoms with Gasteiger partial charge in [0.05, 0.1) is 5.75 Å². The third-order valence-electron chi connectivity index (χ3n) is 2.07. The Balaban J connectivity index is 3.17. The fraction of sp³-hybridized carbons (Fsp3) is 0.300. The minimum absolute atomic E-state index is 0.208. The van der Waals surface area contributed by atoms with Gasteiger partial charge in [0.25, 0.3) is 3.12 Å². The van der Waals surface area contributed by atoms with E-state index in [1.54, 1.807) is 18.2 Å². The summed E-state index contributed by atoms with van der Waals surface area (Å²) in [5.41, 5.74) is 0.256. The van der Waals surface area contributed by atoms with Gasteiger partial charge in [-0.2, -0.15) is 0 Å². The fourth-order valence-electron chi connectivity index (χ4n) is 1.08. The first-order valence-corrected chi connectivity index (χ1v) is 7.35. The summed E-state index contributed by atoms with van der Waals surface area (Å²) in [6.07, 6.45) is 0. The van der Waals surface area contributed by atoms with E-state index in [1.165, 1.54) is 19.1 Å². The van der Waals surface area contributed by atoms with Crippen molar-refractivity contribution >= 4 is 43.2 Å². The van der Waals surface area contributed by atoms with E-state index in [-0.39, 0.29) is 11.3 Å². The van der Waals surface area contributed by atoms with Gasteiger partial charge in [-0.3, -0.25) is 4.79 Å². The highest BCUT2D eigenvalue weighted by atomic mass is 79.9. The summed E-state index contributed by atoms with van der Waals surface area (Å²) < 4.78 is 21.2. The molecule has 0 amide bonds. The highest BCUT2D eigenvalue weighted by molar-refractivity contribution is 9.12. The molecule has 1 aromatic rings. The normalized spacial score (nSPS) is 15.4. The second-order valence-corrected chi connectivity index (χ2v) is 8.50. The molecule has 0 aromatic heterocycles. The van der Waals surface area contributed by atoms with E-state index in [0.717, 1.165) is 0 Å². The Morgan fingerprint density at radius 1 is 1.38 bits per heavy atom. The molecule has 1 unspecified atom stereocenters. The molecule has 1 atom stereocenters. The van der Waals surface area contributed by atoms with Crippen molar-refractivity contribution in [1.82, 2.24) is 0 Å². The predicted octanol–water partition coefficient (Wildman–Crippen LogP) is 2.59. The minimum Gasteiger partial charge on any atom is -0.290 e. The number of sulfone groups is 1. The summed E-state index contributed by atoms with van der Waals surface area (Å²) in [5.74, 6) is -0.878. The van der Waals surface area contributed by atoms with Crippen LogP contribution in [0.25, 0.3) is 0 Å². The van der Waals surface area contributed by atoms with Crippen LogP contribution in [0.15, 0.2) is 30.3 Å². The largest absolute Gasteiger partial charge is 0.290 e. The van der Waals surface area contributed by atoms with Crippen LogP contribution < -0.4 is 0 Å². The average Bonchev–Trinajstić information content (AvgIpc) is 2.29. The van der Waals surface area contributed by atoms with E-state index >= 15 is 0 Å². The Morgan fingerprint density at radius 3 is 2.31 bits per heavy atom. The summed E-state index contributed by atoms with van der Waals surface area (Å²) in [5, 5.41) is 0. The van der Waals surface area contributed by atoms with Crippen molar-refractivity contribution in [1.29, 1.82) is 0 Å². The van der Waals surface area contributed by atoms with Crippen molar-refractivity contribution in [2.45, 2.75) is 10.0 Å². The Kier molecular flexibility index (Phi) is 4.15. The average molecular weight is 326 g/mol. The van der Waals surface area contributed by atoms with Crippen LogP contribution in [0.1, 0.15) is 17.3 Å². The van der Waals surface area contributed by atoms with Gasteiger partial charge < -0.3 is 0 Å². The van der Waals surface area contributed by atoms with Crippen molar-refractivity contribution in [3.05, 3.63) is 35.9 Å². The second kappa shape index (κ2) is 4.85. The summed E-state index contributed by atoms with van der Waals surface area (Å²) in [6, 6.07) is 8.06. The van der Waals surface area contributed by atoms with Crippen LogP contribution in [0.4, 0.5) is 0 Å². The minimum atomic E-state index is -3.71. The lowest BCUT2D eigenvalue weighted by atomic mass is 10.1. The van der Waals surface area contributed by atoms with Gasteiger partial charge in [-0.1, -0.05) is 48.9 Å². The molecule has 16 heavy (non-hydrogen) atoms. The number of ketones is 1. The van der Waals surface area contributed by atoms with E-state index < -0.39 is 18.7 Å². The Labute approximate surface area is 108 Å². The smallest absolute Gasteiger partial charge is 0.261 e. The number of rotatable bonds is 4.